The molecule has 0 aliphatic heterocycles. The standard InChI is InChI=1S/C12H15N3O2/c1-4-9-15(5-2)12(16)14-10-7-6-8-13-11(10)17-3/h1,6-8H,5,9H2,2-3H3,(H,14,16). The van der Waals surface area contributed by atoms with Crippen molar-refractivity contribution in [1.29, 1.82) is 0 Å². The van der Waals surface area contributed by atoms with Gasteiger partial charge >= 0.3 is 6.03 Å². The van der Waals surface area contributed by atoms with E-state index >= 15 is 0 Å². The summed E-state index contributed by atoms with van der Waals surface area (Å²) in [6.07, 6.45) is 6.77. The van der Waals surface area contributed by atoms with Crippen LogP contribution < -0.4 is 10.1 Å². The lowest BCUT2D eigenvalue weighted by Gasteiger charge is -2.19. The number of carbonyl (C=O) groups is 1. The molecule has 90 valence electrons. The molecule has 1 N–H and O–H groups in total. The number of hydrogen-bond donors (Lipinski definition) is 1. The number of carbonyl (C=O) groups excluding carboxylic acids is 1. The molecular weight excluding hydrogens is 218 g/mol. The van der Waals surface area contributed by atoms with E-state index in [-0.39, 0.29) is 12.6 Å². The maximum Gasteiger partial charge on any atom is 0.322 e. The fourth-order valence-corrected chi connectivity index (χ4v) is 1.28. The van der Waals surface area contributed by atoms with Crippen LogP contribution in [0.25, 0.3) is 0 Å². The molecule has 2 amide bonds. The maximum atomic E-state index is 11.8. The van der Waals surface area contributed by atoms with E-state index < -0.39 is 0 Å². The van der Waals surface area contributed by atoms with Crippen molar-refractivity contribution >= 4 is 11.7 Å². The number of aromatic nitrogens is 1. The summed E-state index contributed by atoms with van der Waals surface area (Å²) in [6, 6.07) is 3.17. The first-order valence-corrected chi connectivity index (χ1v) is 5.21. The highest BCUT2D eigenvalue weighted by Gasteiger charge is 2.12. The summed E-state index contributed by atoms with van der Waals surface area (Å²) in [7, 11) is 1.50. The van der Waals surface area contributed by atoms with Gasteiger partial charge in [0.25, 0.3) is 0 Å². The Balaban J connectivity index is 2.77. The van der Waals surface area contributed by atoms with Crippen molar-refractivity contribution in [3.8, 4) is 18.2 Å². The van der Waals surface area contributed by atoms with Crippen molar-refractivity contribution in [2.24, 2.45) is 0 Å². The van der Waals surface area contributed by atoms with Gasteiger partial charge in [-0.3, -0.25) is 0 Å². The Kier molecular flexibility index (Phi) is 4.82. The van der Waals surface area contributed by atoms with Gasteiger partial charge in [-0.2, -0.15) is 0 Å². The summed E-state index contributed by atoms with van der Waals surface area (Å²) >= 11 is 0. The number of urea groups is 1. The van der Waals surface area contributed by atoms with Gasteiger partial charge in [0.15, 0.2) is 0 Å². The average Bonchev–Trinajstić information content (AvgIpc) is 2.36. The van der Waals surface area contributed by atoms with Gasteiger partial charge in [0.05, 0.1) is 13.7 Å². The molecule has 5 heteroatoms. The molecule has 5 nitrogen and oxygen atoms in total. The minimum atomic E-state index is -0.267. The topological polar surface area (TPSA) is 54.5 Å². The van der Waals surface area contributed by atoms with E-state index in [9.17, 15) is 4.79 Å². The summed E-state index contributed by atoms with van der Waals surface area (Å²) in [5.74, 6) is 2.81. The van der Waals surface area contributed by atoms with Gasteiger partial charge in [-0.15, -0.1) is 6.42 Å². The molecule has 0 radical (unpaired) electrons. The predicted octanol–water partition coefficient (Wildman–Crippen LogP) is 1.58. The van der Waals surface area contributed by atoms with Crippen molar-refractivity contribution < 1.29 is 9.53 Å². The molecule has 0 aliphatic carbocycles. The monoisotopic (exact) mass is 233 g/mol. The minimum absolute atomic E-state index is 0.267. The molecule has 1 rings (SSSR count). The van der Waals surface area contributed by atoms with Gasteiger partial charge in [0, 0.05) is 12.7 Å². The largest absolute Gasteiger partial charge is 0.480 e. The number of pyridine rings is 1. The number of anilines is 1. The molecule has 0 fully saturated rings. The van der Waals surface area contributed by atoms with Gasteiger partial charge in [-0.25, -0.2) is 9.78 Å². The highest BCUT2D eigenvalue weighted by atomic mass is 16.5. The summed E-state index contributed by atoms with van der Waals surface area (Å²) in [5.41, 5.74) is 0.524. The molecular formula is C12H15N3O2. The first kappa shape index (κ1) is 12.8. The highest BCUT2D eigenvalue weighted by molar-refractivity contribution is 5.90. The Labute approximate surface area is 101 Å². The van der Waals surface area contributed by atoms with Crippen LogP contribution in [0.3, 0.4) is 0 Å². The van der Waals surface area contributed by atoms with Gasteiger partial charge in [0.2, 0.25) is 5.88 Å². The second-order valence-electron chi connectivity index (χ2n) is 3.21. The summed E-state index contributed by atoms with van der Waals surface area (Å²) in [4.78, 5) is 17.3. The number of nitrogens with one attached hydrogen (secondary N) is 1. The summed E-state index contributed by atoms with van der Waals surface area (Å²) in [6.45, 7) is 2.67. The van der Waals surface area contributed by atoms with Crippen molar-refractivity contribution in [1.82, 2.24) is 9.88 Å². The van der Waals surface area contributed by atoms with Crippen molar-refractivity contribution in [2.75, 3.05) is 25.5 Å². The van der Waals surface area contributed by atoms with Crippen LogP contribution in [0.15, 0.2) is 18.3 Å². The smallest absolute Gasteiger partial charge is 0.322 e. The van der Waals surface area contributed by atoms with E-state index in [1.54, 1.807) is 18.3 Å². The molecule has 0 unspecified atom stereocenters. The van der Waals surface area contributed by atoms with Crippen LogP contribution in [0.5, 0.6) is 5.88 Å². The fraction of sp³-hybridized carbons (Fsp3) is 0.333. The van der Waals surface area contributed by atoms with E-state index in [1.807, 2.05) is 6.92 Å². The Hall–Kier alpha value is -2.22. The molecule has 0 saturated heterocycles. The Morgan fingerprint density at radius 1 is 1.71 bits per heavy atom. The Morgan fingerprint density at radius 3 is 3.06 bits per heavy atom. The normalized spacial score (nSPS) is 9.24. The molecule has 0 atom stereocenters. The Bertz CT molecular complexity index is 426. The second-order valence-corrected chi connectivity index (χ2v) is 3.21. The van der Waals surface area contributed by atoms with Crippen LogP contribution in [0.1, 0.15) is 6.92 Å². The van der Waals surface area contributed by atoms with Crippen molar-refractivity contribution in [3.63, 3.8) is 0 Å². The zero-order valence-electron chi connectivity index (χ0n) is 9.93. The number of amides is 2. The maximum absolute atomic E-state index is 11.8. The van der Waals surface area contributed by atoms with Gasteiger partial charge < -0.3 is 15.0 Å². The number of terminal acetylenes is 1. The third-order valence-electron chi connectivity index (χ3n) is 2.16. The molecule has 0 bridgehead atoms. The minimum Gasteiger partial charge on any atom is -0.480 e. The Morgan fingerprint density at radius 2 is 2.47 bits per heavy atom. The van der Waals surface area contributed by atoms with Crippen molar-refractivity contribution in [3.05, 3.63) is 18.3 Å². The highest BCUT2D eigenvalue weighted by Crippen LogP contribution is 2.19. The fourth-order valence-electron chi connectivity index (χ4n) is 1.28. The molecule has 1 aromatic rings. The summed E-state index contributed by atoms with van der Waals surface area (Å²) < 4.78 is 5.03. The lowest BCUT2D eigenvalue weighted by atomic mass is 10.4. The zero-order chi connectivity index (χ0) is 12.7. The van der Waals surface area contributed by atoms with E-state index in [2.05, 4.69) is 16.2 Å². The van der Waals surface area contributed by atoms with E-state index in [0.29, 0.717) is 18.1 Å². The number of hydrogen-bond acceptors (Lipinski definition) is 3. The van der Waals surface area contributed by atoms with Crippen molar-refractivity contribution in [2.45, 2.75) is 6.92 Å². The van der Waals surface area contributed by atoms with E-state index in [4.69, 9.17) is 11.2 Å². The average molecular weight is 233 g/mol. The van der Waals surface area contributed by atoms with E-state index in [1.165, 1.54) is 12.0 Å². The first-order valence-electron chi connectivity index (χ1n) is 5.21. The van der Waals surface area contributed by atoms with E-state index in [0.717, 1.165) is 0 Å². The van der Waals surface area contributed by atoms with Crippen LogP contribution in [-0.4, -0.2) is 36.1 Å². The quantitative estimate of drug-likeness (QED) is 0.803. The second kappa shape index (κ2) is 6.38. The van der Waals surface area contributed by atoms with Crippen LogP contribution in [-0.2, 0) is 0 Å². The van der Waals surface area contributed by atoms with Crippen LogP contribution in [0.2, 0.25) is 0 Å². The lowest BCUT2D eigenvalue weighted by Crippen LogP contribution is -2.35. The molecule has 17 heavy (non-hydrogen) atoms. The molecule has 0 saturated carbocycles. The molecule has 0 aliphatic rings. The molecule has 1 heterocycles. The first-order chi connectivity index (χ1) is 8.22. The summed E-state index contributed by atoms with van der Waals surface area (Å²) in [5, 5.41) is 2.70. The predicted molar refractivity (Wildman–Crippen MR) is 65.9 cm³/mol. The number of rotatable bonds is 4. The SMILES string of the molecule is C#CCN(CC)C(=O)Nc1cccnc1OC. The van der Waals surface area contributed by atoms with Crippen LogP contribution in [0.4, 0.5) is 10.5 Å². The number of ether oxygens (including phenoxy) is 1. The lowest BCUT2D eigenvalue weighted by molar-refractivity contribution is 0.220. The van der Waals surface area contributed by atoms with Gasteiger partial charge in [0.1, 0.15) is 5.69 Å². The number of nitrogens with zero attached hydrogens (tertiary/aromatic N) is 2. The van der Waals surface area contributed by atoms with Crippen LogP contribution >= 0.6 is 0 Å². The molecule has 0 aromatic carbocycles. The zero-order valence-corrected chi connectivity index (χ0v) is 9.93. The molecule has 0 spiro atoms. The third-order valence-corrected chi connectivity index (χ3v) is 2.16. The van der Waals surface area contributed by atoms with Gasteiger partial charge in [-0.1, -0.05) is 5.92 Å². The number of methoxy groups -OCH3 is 1. The third kappa shape index (κ3) is 3.38. The van der Waals surface area contributed by atoms with Gasteiger partial charge in [-0.05, 0) is 19.1 Å². The molecule has 1 aromatic heterocycles. The van der Waals surface area contributed by atoms with Crippen LogP contribution in [0, 0.1) is 12.3 Å².